The van der Waals surface area contributed by atoms with Crippen LogP contribution in [0.5, 0.6) is 0 Å². The molecule has 0 saturated heterocycles. The maximum Gasteiger partial charge on any atom is 0.266 e. The minimum Gasteiger partial charge on any atom is -0.268 e. The second-order valence-corrected chi connectivity index (χ2v) is 6.62. The Bertz CT molecular complexity index is 889. The van der Waals surface area contributed by atoms with Gasteiger partial charge in [-0.2, -0.15) is 0 Å². The summed E-state index contributed by atoms with van der Waals surface area (Å²) in [4.78, 5) is 25.4. The highest BCUT2D eigenvalue weighted by Gasteiger charge is 2.37. The Morgan fingerprint density at radius 3 is 1.95 bits per heavy atom. The number of primary sulfonamides is 1. The van der Waals surface area contributed by atoms with E-state index in [4.69, 9.17) is 16.7 Å². The van der Waals surface area contributed by atoms with E-state index in [1.807, 2.05) is 0 Å². The molecule has 2 aromatic carbocycles. The molecule has 0 saturated carbocycles. The average Bonchev–Trinajstić information content (AvgIpc) is 2.71. The summed E-state index contributed by atoms with van der Waals surface area (Å²) in [5.74, 6) is -1.02. The average molecular weight is 337 g/mol. The predicted molar refractivity (Wildman–Crippen MR) is 80.4 cm³/mol. The third-order valence-corrected chi connectivity index (χ3v) is 4.50. The van der Waals surface area contributed by atoms with Gasteiger partial charge in [0.1, 0.15) is 0 Å². The number of rotatable bonds is 2. The number of imide groups is 1. The molecule has 2 N–H and O–H groups in total. The first-order valence-corrected chi connectivity index (χ1v) is 8.03. The molecule has 0 fully saturated rings. The van der Waals surface area contributed by atoms with E-state index in [1.165, 1.54) is 12.1 Å². The topological polar surface area (TPSA) is 97.5 Å². The molecule has 2 aromatic rings. The molecule has 22 heavy (non-hydrogen) atoms. The SMILES string of the molecule is NS(=O)(=O)c1ccc(N2C(=O)c3ccccc3C2=O)c(Cl)c1. The molecule has 0 bridgehead atoms. The molecule has 6 nitrogen and oxygen atoms in total. The number of carbonyl (C=O) groups is 2. The van der Waals surface area contributed by atoms with E-state index in [0.717, 1.165) is 11.0 Å². The highest BCUT2D eigenvalue weighted by atomic mass is 35.5. The molecule has 0 atom stereocenters. The molecule has 8 heteroatoms. The van der Waals surface area contributed by atoms with Gasteiger partial charge in [0.15, 0.2) is 0 Å². The lowest BCUT2D eigenvalue weighted by Crippen LogP contribution is -2.29. The van der Waals surface area contributed by atoms with Crippen LogP contribution in [0.25, 0.3) is 0 Å². The Morgan fingerprint density at radius 2 is 1.50 bits per heavy atom. The molecule has 0 aliphatic carbocycles. The Kier molecular flexibility index (Phi) is 3.28. The molecular weight excluding hydrogens is 328 g/mol. The van der Waals surface area contributed by atoms with Gasteiger partial charge in [-0.1, -0.05) is 23.7 Å². The number of nitrogens with two attached hydrogens (primary N) is 1. The van der Waals surface area contributed by atoms with Crippen LogP contribution in [-0.4, -0.2) is 20.2 Å². The summed E-state index contributed by atoms with van der Waals surface area (Å²) in [6.45, 7) is 0. The normalized spacial score (nSPS) is 14.4. The summed E-state index contributed by atoms with van der Waals surface area (Å²) in [5.41, 5.74) is 0.665. The van der Waals surface area contributed by atoms with E-state index < -0.39 is 21.8 Å². The molecule has 0 spiro atoms. The smallest absolute Gasteiger partial charge is 0.266 e. The lowest BCUT2D eigenvalue weighted by atomic mass is 10.1. The number of halogens is 1. The van der Waals surface area contributed by atoms with Gasteiger partial charge in [-0.25, -0.2) is 18.5 Å². The second-order valence-electron chi connectivity index (χ2n) is 4.65. The summed E-state index contributed by atoms with van der Waals surface area (Å²) >= 11 is 6.02. The van der Waals surface area contributed by atoms with E-state index in [0.29, 0.717) is 0 Å². The van der Waals surface area contributed by atoms with Crippen LogP contribution in [0.4, 0.5) is 5.69 Å². The van der Waals surface area contributed by atoms with Crippen molar-refractivity contribution in [1.82, 2.24) is 0 Å². The fraction of sp³-hybridized carbons (Fsp3) is 0. The van der Waals surface area contributed by atoms with Gasteiger partial charge in [-0.3, -0.25) is 9.59 Å². The standard InChI is InChI=1S/C14H9ClN2O4S/c15-11-7-8(22(16,20)21)5-6-12(11)17-13(18)9-3-1-2-4-10(9)14(17)19/h1-7H,(H2,16,20,21). The quantitative estimate of drug-likeness (QED) is 0.845. The summed E-state index contributed by atoms with van der Waals surface area (Å²) in [6, 6.07) is 9.97. The predicted octanol–water partition coefficient (Wildman–Crippen LogP) is 1.79. The third kappa shape index (κ3) is 2.19. The molecule has 0 radical (unpaired) electrons. The fourth-order valence-corrected chi connectivity index (χ4v) is 3.12. The maximum atomic E-state index is 12.3. The molecule has 2 amide bonds. The van der Waals surface area contributed by atoms with Crippen molar-refractivity contribution in [2.24, 2.45) is 5.14 Å². The van der Waals surface area contributed by atoms with Crippen molar-refractivity contribution in [3.8, 4) is 0 Å². The highest BCUT2D eigenvalue weighted by molar-refractivity contribution is 7.89. The van der Waals surface area contributed by atoms with Crippen molar-refractivity contribution < 1.29 is 18.0 Å². The second kappa shape index (κ2) is 4.91. The van der Waals surface area contributed by atoms with Gasteiger partial charge in [0.05, 0.1) is 26.7 Å². The van der Waals surface area contributed by atoms with Crippen molar-refractivity contribution >= 4 is 39.1 Å². The first-order chi connectivity index (χ1) is 10.3. The van der Waals surface area contributed by atoms with Crippen LogP contribution in [0.2, 0.25) is 5.02 Å². The first kappa shape index (κ1) is 14.7. The highest BCUT2D eigenvalue weighted by Crippen LogP contribution is 2.34. The number of carbonyl (C=O) groups excluding carboxylic acids is 2. The maximum absolute atomic E-state index is 12.3. The van der Waals surface area contributed by atoms with Crippen LogP contribution >= 0.6 is 11.6 Å². The van der Waals surface area contributed by atoms with E-state index in [-0.39, 0.29) is 26.7 Å². The van der Waals surface area contributed by atoms with Gasteiger partial charge in [-0.05, 0) is 30.3 Å². The largest absolute Gasteiger partial charge is 0.268 e. The number of fused-ring (bicyclic) bond motifs is 1. The molecular formula is C14H9ClN2O4S. The van der Waals surface area contributed by atoms with E-state index in [1.54, 1.807) is 24.3 Å². The van der Waals surface area contributed by atoms with Crippen LogP contribution in [0.15, 0.2) is 47.4 Å². The molecule has 1 aliphatic rings. The van der Waals surface area contributed by atoms with Gasteiger partial charge in [0, 0.05) is 0 Å². The number of hydrogen-bond acceptors (Lipinski definition) is 4. The van der Waals surface area contributed by atoms with E-state index >= 15 is 0 Å². The molecule has 1 aliphatic heterocycles. The van der Waals surface area contributed by atoms with Crippen LogP contribution in [0.1, 0.15) is 20.7 Å². The first-order valence-electron chi connectivity index (χ1n) is 6.11. The minimum atomic E-state index is -3.92. The van der Waals surface area contributed by atoms with Crippen molar-refractivity contribution in [1.29, 1.82) is 0 Å². The molecule has 0 unspecified atom stereocenters. The number of anilines is 1. The van der Waals surface area contributed by atoms with Gasteiger partial charge < -0.3 is 0 Å². The number of hydrogen-bond donors (Lipinski definition) is 1. The van der Waals surface area contributed by atoms with Crippen LogP contribution in [0, 0.1) is 0 Å². The van der Waals surface area contributed by atoms with Crippen LogP contribution in [0.3, 0.4) is 0 Å². The Morgan fingerprint density at radius 1 is 0.955 bits per heavy atom. The van der Waals surface area contributed by atoms with Crippen molar-refractivity contribution in [2.75, 3.05) is 4.90 Å². The zero-order valence-electron chi connectivity index (χ0n) is 11.0. The zero-order valence-corrected chi connectivity index (χ0v) is 12.6. The number of benzene rings is 2. The van der Waals surface area contributed by atoms with Gasteiger partial charge in [0.2, 0.25) is 10.0 Å². The van der Waals surface area contributed by atoms with Crippen molar-refractivity contribution in [2.45, 2.75) is 4.90 Å². The summed E-state index contributed by atoms with van der Waals surface area (Å²) in [6.07, 6.45) is 0. The summed E-state index contributed by atoms with van der Waals surface area (Å²) in [7, 11) is -3.92. The van der Waals surface area contributed by atoms with Crippen molar-refractivity contribution in [3.05, 3.63) is 58.6 Å². The van der Waals surface area contributed by atoms with Crippen LogP contribution in [-0.2, 0) is 10.0 Å². The lowest BCUT2D eigenvalue weighted by molar-refractivity contribution is 0.0926. The fourth-order valence-electron chi connectivity index (χ4n) is 2.25. The summed E-state index contributed by atoms with van der Waals surface area (Å²) < 4.78 is 22.6. The Balaban J connectivity index is 2.11. The third-order valence-electron chi connectivity index (χ3n) is 3.28. The van der Waals surface area contributed by atoms with E-state index in [9.17, 15) is 18.0 Å². The number of nitrogens with zero attached hydrogens (tertiary/aromatic N) is 1. The van der Waals surface area contributed by atoms with Gasteiger partial charge in [-0.15, -0.1) is 0 Å². The minimum absolute atomic E-state index is 0.0546. The van der Waals surface area contributed by atoms with Crippen molar-refractivity contribution in [3.63, 3.8) is 0 Å². The van der Waals surface area contributed by atoms with Gasteiger partial charge in [0.25, 0.3) is 11.8 Å². The van der Waals surface area contributed by atoms with E-state index in [2.05, 4.69) is 0 Å². The Labute approximate surface area is 131 Å². The number of amides is 2. The lowest BCUT2D eigenvalue weighted by Gasteiger charge is -2.16. The van der Waals surface area contributed by atoms with Crippen LogP contribution < -0.4 is 10.0 Å². The molecule has 1 heterocycles. The molecule has 112 valence electrons. The zero-order chi connectivity index (χ0) is 16.1. The number of sulfonamides is 1. The molecule has 0 aromatic heterocycles. The molecule has 3 rings (SSSR count). The monoisotopic (exact) mass is 336 g/mol. The summed E-state index contributed by atoms with van der Waals surface area (Å²) in [5, 5.41) is 4.96. The Hall–Kier alpha value is -2.22. The van der Waals surface area contributed by atoms with Gasteiger partial charge >= 0.3 is 0 Å².